The van der Waals surface area contributed by atoms with Crippen LogP contribution >= 0.6 is 0 Å². The summed E-state index contributed by atoms with van der Waals surface area (Å²) in [7, 11) is 0. The van der Waals surface area contributed by atoms with Crippen molar-refractivity contribution in [2.24, 2.45) is 17.6 Å². The Morgan fingerprint density at radius 3 is 2.67 bits per heavy atom. The topological polar surface area (TPSA) is 66.6 Å². The standard InChI is InChI=1S/C14H28N2O2/c1-10(2)16(8-5-9-17)14(18)12-6-4-7-13(15)11(12)3/h10-13,17H,4-9,15H2,1-3H3. The molecule has 3 unspecified atom stereocenters. The fourth-order valence-corrected chi connectivity index (χ4v) is 2.82. The summed E-state index contributed by atoms with van der Waals surface area (Å²) in [5, 5.41) is 8.93. The molecule has 0 spiro atoms. The van der Waals surface area contributed by atoms with E-state index >= 15 is 0 Å². The second kappa shape index (κ2) is 7.10. The Labute approximate surface area is 111 Å². The monoisotopic (exact) mass is 256 g/mol. The van der Waals surface area contributed by atoms with Crippen molar-refractivity contribution in [2.45, 2.75) is 58.5 Å². The summed E-state index contributed by atoms with van der Waals surface area (Å²) < 4.78 is 0. The predicted molar refractivity (Wildman–Crippen MR) is 73.0 cm³/mol. The SMILES string of the molecule is CC1C(N)CCCC1C(=O)N(CCCO)C(C)C. The molecule has 1 aliphatic rings. The molecule has 0 heterocycles. The van der Waals surface area contributed by atoms with E-state index in [-0.39, 0.29) is 36.4 Å². The van der Waals surface area contributed by atoms with Crippen molar-refractivity contribution in [2.75, 3.05) is 13.2 Å². The highest BCUT2D eigenvalue weighted by Gasteiger charge is 2.35. The second-order valence-electron chi connectivity index (χ2n) is 5.76. The molecule has 3 atom stereocenters. The van der Waals surface area contributed by atoms with Gasteiger partial charge in [-0.25, -0.2) is 0 Å². The Hall–Kier alpha value is -0.610. The van der Waals surface area contributed by atoms with Crippen LogP contribution in [0, 0.1) is 11.8 Å². The first kappa shape index (κ1) is 15.4. The molecule has 1 amide bonds. The van der Waals surface area contributed by atoms with Gasteiger partial charge in [0.15, 0.2) is 0 Å². The van der Waals surface area contributed by atoms with E-state index in [1.54, 1.807) is 0 Å². The molecule has 0 aliphatic heterocycles. The summed E-state index contributed by atoms with van der Waals surface area (Å²) in [6.07, 6.45) is 3.68. The third kappa shape index (κ3) is 3.69. The summed E-state index contributed by atoms with van der Waals surface area (Å²) in [6, 6.07) is 0.342. The zero-order chi connectivity index (χ0) is 13.7. The number of carbonyl (C=O) groups is 1. The van der Waals surface area contributed by atoms with Crippen LogP contribution in [0.5, 0.6) is 0 Å². The molecule has 4 nitrogen and oxygen atoms in total. The molecular weight excluding hydrogens is 228 g/mol. The lowest BCUT2D eigenvalue weighted by Crippen LogP contribution is -2.48. The highest BCUT2D eigenvalue weighted by molar-refractivity contribution is 5.79. The highest BCUT2D eigenvalue weighted by atomic mass is 16.3. The Balaban J connectivity index is 2.69. The zero-order valence-corrected chi connectivity index (χ0v) is 11.9. The number of carbonyl (C=O) groups excluding carboxylic acids is 1. The maximum Gasteiger partial charge on any atom is 0.226 e. The molecule has 106 valence electrons. The lowest BCUT2D eigenvalue weighted by molar-refractivity contribution is -0.140. The van der Waals surface area contributed by atoms with E-state index < -0.39 is 0 Å². The minimum absolute atomic E-state index is 0.0647. The summed E-state index contributed by atoms with van der Waals surface area (Å²) in [4.78, 5) is 14.5. The van der Waals surface area contributed by atoms with Gasteiger partial charge >= 0.3 is 0 Å². The average molecular weight is 256 g/mol. The molecular formula is C14H28N2O2. The van der Waals surface area contributed by atoms with Crippen molar-refractivity contribution in [1.29, 1.82) is 0 Å². The molecule has 1 rings (SSSR count). The number of nitrogens with two attached hydrogens (primary N) is 1. The zero-order valence-electron chi connectivity index (χ0n) is 11.9. The highest BCUT2D eigenvalue weighted by Crippen LogP contribution is 2.30. The van der Waals surface area contributed by atoms with Crippen LogP contribution in [0.4, 0.5) is 0 Å². The molecule has 1 fully saturated rings. The van der Waals surface area contributed by atoms with Crippen molar-refractivity contribution in [3.63, 3.8) is 0 Å². The third-order valence-electron chi connectivity index (χ3n) is 4.14. The summed E-state index contributed by atoms with van der Waals surface area (Å²) in [5.41, 5.74) is 6.07. The quantitative estimate of drug-likeness (QED) is 0.780. The van der Waals surface area contributed by atoms with Gasteiger partial charge in [-0.1, -0.05) is 13.3 Å². The van der Waals surface area contributed by atoms with E-state index in [0.717, 1.165) is 19.3 Å². The number of hydrogen-bond donors (Lipinski definition) is 2. The number of nitrogens with zero attached hydrogens (tertiary/aromatic N) is 1. The number of rotatable bonds is 5. The predicted octanol–water partition coefficient (Wildman–Crippen LogP) is 1.37. The smallest absolute Gasteiger partial charge is 0.226 e. The first-order chi connectivity index (χ1) is 8.49. The van der Waals surface area contributed by atoms with E-state index in [4.69, 9.17) is 10.8 Å². The summed E-state index contributed by atoms with van der Waals surface area (Å²) in [6.45, 7) is 6.93. The van der Waals surface area contributed by atoms with Crippen LogP contribution in [0.2, 0.25) is 0 Å². The molecule has 0 aromatic carbocycles. The van der Waals surface area contributed by atoms with Gasteiger partial charge in [-0.3, -0.25) is 4.79 Å². The van der Waals surface area contributed by atoms with Gasteiger partial charge in [-0.2, -0.15) is 0 Å². The van der Waals surface area contributed by atoms with Gasteiger partial charge in [-0.05, 0) is 39.0 Å². The lowest BCUT2D eigenvalue weighted by atomic mass is 9.76. The van der Waals surface area contributed by atoms with E-state index in [1.807, 2.05) is 18.7 Å². The number of aliphatic hydroxyl groups is 1. The van der Waals surface area contributed by atoms with Crippen LogP contribution in [-0.2, 0) is 4.79 Å². The summed E-state index contributed by atoms with van der Waals surface area (Å²) >= 11 is 0. The normalized spacial score (nSPS) is 28.4. The van der Waals surface area contributed by atoms with Crippen molar-refractivity contribution in [3.05, 3.63) is 0 Å². The molecule has 0 aromatic heterocycles. The van der Waals surface area contributed by atoms with Crippen LogP contribution < -0.4 is 5.73 Å². The van der Waals surface area contributed by atoms with Crippen LogP contribution in [0.3, 0.4) is 0 Å². The van der Waals surface area contributed by atoms with E-state index in [9.17, 15) is 4.79 Å². The van der Waals surface area contributed by atoms with Crippen molar-refractivity contribution < 1.29 is 9.90 Å². The van der Waals surface area contributed by atoms with Gasteiger partial charge in [0.25, 0.3) is 0 Å². The first-order valence-corrected chi connectivity index (χ1v) is 7.16. The molecule has 1 saturated carbocycles. The molecule has 0 aromatic rings. The van der Waals surface area contributed by atoms with Crippen LogP contribution in [-0.4, -0.2) is 41.1 Å². The Morgan fingerprint density at radius 2 is 2.11 bits per heavy atom. The minimum atomic E-state index is 0.0647. The Morgan fingerprint density at radius 1 is 1.44 bits per heavy atom. The van der Waals surface area contributed by atoms with Crippen molar-refractivity contribution in [3.8, 4) is 0 Å². The average Bonchev–Trinajstić information content (AvgIpc) is 2.32. The van der Waals surface area contributed by atoms with Gasteiger partial charge in [0.1, 0.15) is 0 Å². The Bertz CT molecular complexity index is 269. The van der Waals surface area contributed by atoms with Gasteiger partial charge in [-0.15, -0.1) is 0 Å². The van der Waals surface area contributed by atoms with Gasteiger partial charge in [0.05, 0.1) is 0 Å². The van der Waals surface area contributed by atoms with E-state index in [0.29, 0.717) is 13.0 Å². The molecule has 0 saturated heterocycles. The maximum atomic E-state index is 12.6. The van der Waals surface area contributed by atoms with Gasteiger partial charge in [0, 0.05) is 31.2 Å². The lowest BCUT2D eigenvalue weighted by Gasteiger charge is -2.37. The fourth-order valence-electron chi connectivity index (χ4n) is 2.82. The number of aliphatic hydroxyl groups excluding tert-OH is 1. The second-order valence-corrected chi connectivity index (χ2v) is 5.76. The van der Waals surface area contributed by atoms with Gasteiger partial charge in [0.2, 0.25) is 5.91 Å². The molecule has 18 heavy (non-hydrogen) atoms. The largest absolute Gasteiger partial charge is 0.396 e. The van der Waals surface area contributed by atoms with Crippen LogP contribution in [0.15, 0.2) is 0 Å². The van der Waals surface area contributed by atoms with Crippen LogP contribution in [0.1, 0.15) is 46.5 Å². The van der Waals surface area contributed by atoms with E-state index in [1.165, 1.54) is 0 Å². The molecule has 0 bridgehead atoms. The van der Waals surface area contributed by atoms with Crippen molar-refractivity contribution >= 4 is 5.91 Å². The van der Waals surface area contributed by atoms with Crippen molar-refractivity contribution in [1.82, 2.24) is 4.90 Å². The molecule has 1 aliphatic carbocycles. The molecule has 0 radical (unpaired) electrons. The van der Waals surface area contributed by atoms with Gasteiger partial charge < -0.3 is 15.7 Å². The summed E-state index contributed by atoms with van der Waals surface area (Å²) in [5.74, 6) is 0.553. The maximum absolute atomic E-state index is 12.6. The fraction of sp³-hybridized carbons (Fsp3) is 0.929. The minimum Gasteiger partial charge on any atom is -0.396 e. The number of amides is 1. The molecule has 3 N–H and O–H groups in total. The van der Waals surface area contributed by atoms with E-state index in [2.05, 4.69) is 6.92 Å². The first-order valence-electron chi connectivity index (χ1n) is 7.16. The Kier molecular flexibility index (Phi) is 6.09. The number of hydrogen-bond acceptors (Lipinski definition) is 3. The molecule has 4 heteroatoms. The third-order valence-corrected chi connectivity index (χ3v) is 4.14. The van der Waals surface area contributed by atoms with Crippen LogP contribution in [0.25, 0.3) is 0 Å².